The molecule has 0 aliphatic heterocycles. The topological polar surface area (TPSA) is 30.2 Å². The van der Waals surface area contributed by atoms with Crippen molar-refractivity contribution in [1.29, 1.82) is 0 Å². The average molecular weight is 189 g/mol. The van der Waals surface area contributed by atoms with Gasteiger partial charge in [-0.2, -0.15) is 5.10 Å². The Bertz CT molecular complexity index is 463. The molecule has 0 radical (unpaired) electrons. The highest BCUT2D eigenvalue weighted by Gasteiger charge is 2.18. The Morgan fingerprint density at radius 1 is 1.29 bits per heavy atom. The van der Waals surface area contributed by atoms with Crippen LogP contribution in [0.3, 0.4) is 0 Å². The summed E-state index contributed by atoms with van der Waals surface area (Å²) in [5.41, 5.74) is 3.33. The molecule has 0 bridgehead atoms. The van der Waals surface area contributed by atoms with Crippen LogP contribution >= 0.6 is 0 Å². The molecule has 0 unspecified atom stereocenters. The van der Waals surface area contributed by atoms with E-state index in [0.717, 1.165) is 11.3 Å². The molecule has 0 saturated carbocycles. The Hall–Kier alpha value is -1.38. The van der Waals surface area contributed by atoms with Crippen LogP contribution in [0.5, 0.6) is 0 Å². The Labute approximate surface area is 83.8 Å². The summed E-state index contributed by atoms with van der Waals surface area (Å²) in [4.78, 5) is 4.48. The third kappa shape index (κ3) is 1.39. The molecule has 2 aromatic heterocycles. The van der Waals surface area contributed by atoms with Crippen molar-refractivity contribution >= 4 is 5.65 Å². The van der Waals surface area contributed by atoms with Gasteiger partial charge in [0.25, 0.3) is 0 Å². The van der Waals surface area contributed by atoms with E-state index in [4.69, 9.17) is 0 Å². The molecular weight excluding hydrogens is 174 g/mol. The zero-order chi connectivity index (χ0) is 10.3. The van der Waals surface area contributed by atoms with E-state index < -0.39 is 0 Å². The molecule has 0 aromatic carbocycles. The molecule has 3 heteroatoms. The number of hydrogen-bond donors (Lipinski definition) is 0. The maximum atomic E-state index is 4.48. The van der Waals surface area contributed by atoms with Gasteiger partial charge in [-0.15, -0.1) is 0 Å². The summed E-state index contributed by atoms with van der Waals surface area (Å²) < 4.78 is 1.84. The van der Waals surface area contributed by atoms with E-state index in [9.17, 15) is 0 Å². The molecule has 0 aliphatic rings. The third-order valence-electron chi connectivity index (χ3n) is 2.29. The van der Waals surface area contributed by atoms with Gasteiger partial charge >= 0.3 is 0 Å². The van der Waals surface area contributed by atoms with Gasteiger partial charge in [-0.3, -0.25) is 0 Å². The fraction of sp³-hybridized carbons (Fsp3) is 0.455. The van der Waals surface area contributed by atoms with Crippen LogP contribution in [-0.2, 0) is 5.41 Å². The maximum Gasteiger partial charge on any atom is 0.157 e. The van der Waals surface area contributed by atoms with E-state index in [1.165, 1.54) is 5.56 Å². The summed E-state index contributed by atoms with van der Waals surface area (Å²) in [5, 5.41) is 4.23. The van der Waals surface area contributed by atoms with Gasteiger partial charge in [-0.25, -0.2) is 9.50 Å². The summed E-state index contributed by atoms with van der Waals surface area (Å²) in [6, 6.07) is 2.04. The Kier molecular flexibility index (Phi) is 1.84. The van der Waals surface area contributed by atoms with Crippen molar-refractivity contribution in [2.24, 2.45) is 0 Å². The number of hydrogen-bond acceptors (Lipinski definition) is 2. The predicted molar refractivity (Wildman–Crippen MR) is 56.4 cm³/mol. The molecule has 0 fully saturated rings. The zero-order valence-corrected chi connectivity index (χ0v) is 9.07. The molecule has 14 heavy (non-hydrogen) atoms. The van der Waals surface area contributed by atoms with Crippen molar-refractivity contribution in [2.75, 3.05) is 0 Å². The van der Waals surface area contributed by atoms with Crippen molar-refractivity contribution in [2.45, 2.75) is 33.1 Å². The summed E-state index contributed by atoms with van der Waals surface area (Å²) in [6.45, 7) is 8.55. The lowest BCUT2D eigenvalue weighted by Gasteiger charge is -2.18. The quantitative estimate of drug-likeness (QED) is 0.636. The van der Waals surface area contributed by atoms with Crippen LogP contribution in [0.25, 0.3) is 5.65 Å². The Balaban J connectivity index is 2.77. The molecule has 2 rings (SSSR count). The maximum absolute atomic E-state index is 4.48. The number of aromatic nitrogens is 3. The first-order valence-corrected chi connectivity index (χ1v) is 4.80. The van der Waals surface area contributed by atoms with Crippen LogP contribution < -0.4 is 0 Å². The number of nitrogens with zero attached hydrogens (tertiary/aromatic N) is 3. The standard InChI is InChI=1S/C11H15N3/c1-8-7-14-10(13-8)9(5-6-12-14)11(2,3)4/h5-7H,1-4H3. The van der Waals surface area contributed by atoms with Crippen LogP contribution in [0.15, 0.2) is 18.5 Å². The van der Waals surface area contributed by atoms with E-state index in [1.54, 1.807) is 0 Å². The highest BCUT2D eigenvalue weighted by Crippen LogP contribution is 2.25. The van der Waals surface area contributed by atoms with E-state index in [-0.39, 0.29) is 5.41 Å². The van der Waals surface area contributed by atoms with Gasteiger partial charge in [-0.1, -0.05) is 20.8 Å². The minimum absolute atomic E-state index is 0.113. The highest BCUT2D eigenvalue weighted by atomic mass is 15.2. The molecule has 0 saturated heterocycles. The lowest BCUT2D eigenvalue weighted by molar-refractivity contribution is 0.588. The minimum Gasteiger partial charge on any atom is -0.232 e. The summed E-state index contributed by atoms with van der Waals surface area (Å²) in [5.74, 6) is 0. The third-order valence-corrected chi connectivity index (χ3v) is 2.29. The number of rotatable bonds is 0. The molecule has 74 valence electrons. The van der Waals surface area contributed by atoms with E-state index in [1.807, 2.05) is 29.9 Å². The second-order valence-corrected chi connectivity index (χ2v) is 4.65. The number of aryl methyl sites for hydroxylation is 1. The fourth-order valence-electron chi connectivity index (χ4n) is 1.60. The molecule has 0 amide bonds. The molecular formula is C11H15N3. The zero-order valence-electron chi connectivity index (χ0n) is 9.07. The Morgan fingerprint density at radius 2 is 2.00 bits per heavy atom. The highest BCUT2D eigenvalue weighted by molar-refractivity contribution is 5.50. The molecule has 0 aliphatic carbocycles. The van der Waals surface area contributed by atoms with Gasteiger partial charge in [0.1, 0.15) is 0 Å². The molecule has 2 aromatic rings. The first-order valence-electron chi connectivity index (χ1n) is 4.80. The molecule has 0 atom stereocenters. The number of imidazole rings is 1. The van der Waals surface area contributed by atoms with Gasteiger partial charge in [0.15, 0.2) is 5.65 Å². The van der Waals surface area contributed by atoms with Crippen molar-refractivity contribution in [3.8, 4) is 0 Å². The summed E-state index contributed by atoms with van der Waals surface area (Å²) in [6.07, 6.45) is 3.78. The lowest BCUT2D eigenvalue weighted by Crippen LogP contribution is -2.13. The lowest BCUT2D eigenvalue weighted by atomic mass is 9.88. The van der Waals surface area contributed by atoms with Crippen LogP contribution in [0.1, 0.15) is 32.0 Å². The van der Waals surface area contributed by atoms with Gasteiger partial charge in [0.05, 0.1) is 11.9 Å². The van der Waals surface area contributed by atoms with E-state index in [0.29, 0.717) is 0 Å². The SMILES string of the molecule is Cc1cn2nccc(C(C)(C)C)c2n1. The van der Waals surface area contributed by atoms with E-state index in [2.05, 4.69) is 30.9 Å². The average Bonchev–Trinajstić information content (AvgIpc) is 2.41. The van der Waals surface area contributed by atoms with Crippen LogP contribution in [-0.4, -0.2) is 14.6 Å². The molecule has 0 spiro atoms. The fourth-order valence-corrected chi connectivity index (χ4v) is 1.60. The van der Waals surface area contributed by atoms with Crippen molar-refractivity contribution in [1.82, 2.24) is 14.6 Å². The number of fused-ring (bicyclic) bond motifs is 1. The second kappa shape index (κ2) is 2.80. The van der Waals surface area contributed by atoms with E-state index >= 15 is 0 Å². The molecule has 3 nitrogen and oxygen atoms in total. The van der Waals surface area contributed by atoms with Crippen LogP contribution in [0.2, 0.25) is 0 Å². The normalized spacial score (nSPS) is 12.3. The van der Waals surface area contributed by atoms with Crippen molar-refractivity contribution in [3.05, 3.63) is 29.7 Å². The first kappa shape index (κ1) is 9.19. The summed E-state index contributed by atoms with van der Waals surface area (Å²) in [7, 11) is 0. The smallest absolute Gasteiger partial charge is 0.157 e. The molecule has 2 heterocycles. The Morgan fingerprint density at radius 3 is 2.64 bits per heavy atom. The predicted octanol–water partition coefficient (Wildman–Crippen LogP) is 2.34. The van der Waals surface area contributed by atoms with Gasteiger partial charge in [0.2, 0.25) is 0 Å². The van der Waals surface area contributed by atoms with Gasteiger partial charge < -0.3 is 0 Å². The minimum atomic E-state index is 0.113. The van der Waals surface area contributed by atoms with Crippen LogP contribution in [0.4, 0.5) is 0 Å². The van der Waals surface area contributed by atoms with Gasteiger partial charge in [0, 0.05) is 11.8 Å². The second-order valence-electron chi connectivity index (χ2n) is 4.65. The van der Waals surface area contributed by atoms with Crippen molar-refractivity contribution < 1.29 is 0 Å². The first-order chi connectivity index (χ1) is 6.48. The monoisotopic (exact) mass is 189 g/mol. The van der Waals surface area contributed by atoms with Gasteiger partial charge in [-0.05, 0) is 18.4 Å². The van der Waals surface area contributed by atoms with Crippen molar-refractivity contribution in [3.63, 3.8) is 0 Å². The summed E-state index contributed by atoms with van der Waals surface area (Å²) >= 11 is 0. The largest absolute Gasteiger partial charge is 0.232 e. The molecule has 0 N–H and O–H groups in total. The van der Waals surface area contributed by atoms with Crippen LogP contribution in [0, 0.1) is 6.92 Å².